The van der Waals surface area contributed by atoms with Gasteiger partial charge in [-0.2, -0.15) is 5.10 Å². The maximum Gasteiger partial charge on any atom is 0.0677 e. The molecular weight excluding hydrogens is 246 g/mol. The van der Waals surface area contributed by atoms with E-state index in [1.54, 1.807) is 0 Å². The minimum absolute atomic E-state index is 0.147. The highest BCUT2D eigenvalue weighted by Crippen LogP contribution is 2.28. The summed E-state index contributed by atoms with van der Waals surface area (Å²) in [4.78, 5) is 0. The molecule has 1 unspecified atom stereocenters. The molecule has 0 bridgehead atoms. The van der Waals surface area contributed by atoms with Gasteiger partial charge in [0.05, 0.1) is 12.7 Å². The molecule has 2 aromatic rings. The summed E-state index contributed by atoms with van der Waals surface area (Å²) in [5, 5.41) is 5.26. The van der Waals surface area contributed by atoms with Crippen LogP contribution in [0.1, 0.15) is 35.7 Å². The Kier molecular flexibility index (Phi) is 3.10. The lowest BCUT2D eigenvalue weighted by Crippen LogP contribution is -2.18. The molecule has 0 saturated carbocycles. The van der Waals surface area contributed by atoms with Crippen molar-refractivity contribution >= 4 is 11.6 Å². The number of aromatic nitrogens is 2. The van der Waals surface area contributed by atoms with Crippen LogP contribution in [-0.4, -0.2) is 9.78 Å². The number of rotatable bonds is 2. The van der Waals surface area contributed by atoms with Crippen LogP contribution in [-0.2, 0) is 13.0 Å². The molecule has 1 atom stereocenters. The SMILES string of the molecule is NC1CCCc2c1cnn2Cc1ccccc1Cl. The van der Waals surface area contributed by atoms with Crippen LogP contribution >= 0.6 is 11.6 Å². The van der Waals surface area contributed by atoms with E-state index in [4.69, 9.17) is 17.3 Å². The minimum Gasteiger partial charge on any atom is -0.324 e. The molecule has 18 heavy (non-hydrogen) atoms. The summed E-state index contributed by atoms with van der Waals surface area (Å²) >= 11 is 6.19. The third-order valence-corrected chi connectivity index (χ3v) is 3.96. The molecule has 0 radical (unpaired) electrons. The van der Waals surface area contributed by atoms with E-state index < -0.39 is 0 Å². The lowest BCUT2D eigenvalue weighted by molar-refractivity contribution is 0.537. The van der Waals surface area contributed by atoms with Crippen LogP contribution in [0.15, 0.2) is 30.5 Å². The first-order valence-corrected chi connectivity index (χ1v) is 6.67. The predicted octanol–water partition coefficient (Wildman–Crippen LogP) is 2.92. The van der Waals surface area contributed by atoms with Crippen LogP contribution in [0.4, 0.5) is 0 Å². The molecule has 94 valence electrons. The highest BCUT2D eigenvalue weighted by atomic mass is 35.5. The van der Waals surface area contributed by atoms with Crippen molar-refractivity contribution in [1.29, 1.82) is 0 Å². The van der Waals surface area contributed by atoms with E-state index >= 15 is 0 Å². The first-order valence-electron chi connectivity index (χ1n) is 6.29. The van der Waals surface area contributed by atoms with Crippen LogP contribution in [0, 0.1) is 0 Å². The molecule has 3 rings (SSSR count). The Labute approximate surface area is 112 Å². The monoisotopic (exact) mass is 261 g/mol. The standard InChI is InChI=1S/C14H16ClN3/c15-12-5-2-1-4-10(12)9-18-14-7-3-6-13(16)11(14)8-17-18/h1-2,4-5,8,13H,3,6-7,9,16H2. The van der Waals surface area contributed by atoms with E-state index in [0.717, 1.165) is 36.4 Å². The van der Waals surface area contributed by atoms with Crippen LogP contribution in [0.3, 0.4) is 0 Å². The molecule has 0 fully saturated rings. The molecular formula is C14H16ClN3. The van der Waals surface area contributed by atoms with Crippen molar-refractivity contribution in [2.45, 2.75) is 31.8 Å². The third kappa shape index (κ3) is 2.04. The summed E-state index contributed by atoms with van der Waals surface area (Å²) < 4.78 is 2.04. The molecule has 1 aromatic carbocycles. The molecule has 0 spiro atoms. The van der Waals surface area contributed by atoms with Gasteiger partial charge in [-0.05, 0) is 30.9 Å². The van der Waals surface area contributed by atoms with E-state index in [1.165, 1.54) is 11.3 Å². The van der Waals surface area contributed by atoms with Gasteiger partial charge in [0, 0.05) is 22.3 Å². The van der Waals surface area contributed by atoms with Gasteiger partial charge in [-0.25, -0.2) is 0 Å². The van der Waals surface area contributed by atoms with Gasteiger partial charge in [0.2, 0.25) is 0 Å². The van der Waals surface area contributed by atoms with Crippen molar-refractivity contribution in [3.63, 3.8) is 0 Å². The fourth-order valence-electron chi connectivity index (χ4n) is 2.58. The molecule has 1 aromatic heterocycles. The van der Waals surface area contributed by atoms with Crippen molar-refractivity contribution in [1.82, 2.24) is 9.78 Å². The predicted molar refractivity (Wildman–Crippen MR) is 72.6 cm³/mol. The van der Waals surface area contributed by atoms with Crippen LogP contribution < -0.4 is 5.73 Å². The number of hydrogen-bond acceptors (Lipinski definition) is 2. The quantitative estimate of drug-likeness (QED) is 0.903. The van der Waals surface area contributed by atoms with Gasteiger partial charge in [-0.1, -0.05) is 29.8 Å². The lowest BCUT2D eigenvalue weighted by atomic mass is 9.94. The Morgan fingerprint density at radius 3 is 3.06 bits per heavy atom. The summed E-state index contributed by atoms with van der Waals surface area (Å²) in [7, 11) is 0. The van der Waals surface area contributed by atoms with Gasteiger partial charge in [-0.3, -0.25) is 4.68 Å². The van der Waals surface area contributed by atoms with Gasteiger partial charge in [0.15, 0.2) is 0 Å². The zero-order valence-corrected chi connectivity index (χ0v) is 10.9. The van der Waals surface area contributed by atoms with Gasteiger partial charge < -0.3 is 5.73 Å². The number of nitrogens with two attached hydrogens (primary N) is 1. The Balaban J connectivity index is 1.92. The first kappa shape index (κ1) is 11.8. The summed E-state index contributed by atoms with van der Waals surface area (Å²) in [6.45, 7) is 0.724. The zero-order valence-electron chi connectivity index (χ0n) is 10.1. The molecule has 1 aliphatic carbocycles. The number of hydrogen-bond donors (Lipinski definition) is 1. The Bertz CT molecular complexity index is 562. The summed E-state index contributed by atoms with van der Waals surface area (Å²) in [6.07, 6.45) is 5.18. The summed E-state index contributed by atoms with van der Waals surface area (Å²) in [5.41, 5.74) is 9.68. The second kappa shape index (κ2) is 4.75. The second-order valence-electron chi connectivity index (χ2n) is 4.79. The molecule has 3 nitrogen and oxygen atoms in total. The number of halogens is 1. The maximum atomic E-state index is 6.19. The molecule has 4 heteroatoms. The highest BCUT2D eigenvalue weighted by molar-refractivity contribution is 6.31. The van der Waals surface area contributed by atoms with Gasteiger partial charge >= 0.3 is 0 Å². The van der Waals surface area contributed by atoms with Gasteiger partial charge in [0.1, 0.15) is 0 Å². The molecule has 0 amide bonds. The molecule has 2 N–H and O–H groups in total. The van der Waals surface area contributed by atoms with Gasteiger partial charge in [-0.15, -0.1) is 0 Å². The van der Waals surface area contributed by atoms with E-state index in [0.29, 0.717) is 0 Å². The summed E-state index contributed by atoms with van der Waals surface area (Å²) in [6, 6.07) is 8.05. The van der Waals surface area contributed by atoms with Crippen molar-refractivity contribution < 1.29 is 0 Å². The van der Waals surface area contributed by atoms with Crippen LogP contribution in [0.2, 0.25) is 5.02 Å². The molecule has 1 aliphatic rings. The van der Waals surface area contributed by atoms with Gasteiger partial charge in [0.25, 0.3) is 0 Å². The Hall–Kier alpha value is -1.32. The zero-order chi connectivity index (χ0) is 12.5. The maximum absolute atomic E-state index is 6.19. The summed E-state index contributed by atoms with van der Waals surface area (Å²) in [5.74, 6) is 0. The van der Waals surface area contributed by atoms with E-state index in [2.05, 4.69) is 5.10 Å². The molecule has 1 heterocycles. The lowest BCUT2D eigenvalue weighted by Gasteiger charge is -2.19. The Morgan fingerprint density at radius 1 is 1.39 bits per heavy atom. The topological polar surface area (TPSA) is 43.8 Å². The molecule has 0 saturated heterocycles. The fourth-order valence-corrected chi connectivity index (χ4v) is 2.77. The van der Waals surface area contributed by atoms with Crippen molar-refractivity contribution in [3.05, 3.63) is 52.3 Å². The third-order valence-electron chi connectivity index (χ3n) is 3.59. The number of fused-ring (bicyclic) bond motifs is 1. The highest BCUT2D eigenvalue weighted by Gasteiger charge is 2.21. The van der Waals surface area contributed by atoms with Crippen molar-refractivity contribution in [2.24, 2.45) is 5.73 Å². The first-order chi connectivity index (χ1) is 8.75. The normalized spacial score (nSPS) is 18.7. The average Bonchev–Trinajstić information content (AvgIpc) is 2.77. The van der Waals surface area contributed by atoms with Crippen LogP contribution in [0.25, 0.3) is 0 Å². The number of benzene rings is 1. The van der Waals surface area contributed by atoms with E-state index in [9.17, 15) is 0 Å². The molecule has 0 aliphatic heterocycles. The number of nitrogens with zero attached hydrogens (tertiary/aromatic N) is 2. The largest absolute Gasteiger partial charge is 0.324 e. The smallest absolute Gasteiger partial charge is 0.0677 e. The average molecular weight is 262 g/mol. The van der Waals surface area contributed by atoms with E-state index in [-0.39, 0.29) is 6.04 Å². The van der Waals surface area contributed by atoms with Crippen molar-refractivity contribution in [2.75, 3.05) is 0 Å². The fraction of sp³-hybridized carbons (Fsp3) is 0.357. The van der Waals surface area contributed by atoms with Crippen molar-refractivity contribution in [3.8, 4) is 0 Å². The van der Waals surface area contributed by atoms with Crippen LogP contribution in [0.5, 0.6) is 0 Å². The second-order valence-corrected chi connectivity index (χ2v) is 5.20. The minimum atomic E-state index is 0.147. The Morgan fingerprint density at radius 2 is 2.22 bits per heavy atom. The van der Waals surface area contributed by atoms with E-state index in [1.807, 2.05) is 35.1 Å².